The molecule has 1 heterocycles. The predicted molar refractivity (Wildman–Crippen MR) is 70.7 cm³/mol. The van der Waals surface area contributed by atoms with Crippen LogP contribution >= 0.6 is 0 Å². The number of aliphatic hydroxyl groups is 1. The molecule has 0 amide bonds. The quantitative estimate of drug-likeness (QED) is 0.818. The topological polar surface area (TPSA) is 97.5 Å². The number of carboxylic acid groups (broad SMARTS) is 1. The van der Waals surface area contributed by atoms with Crippen LogP contribution in [-0.4, -0.2) is 44.4 Å². The molecule has 0 saturated heterocycles. The Balaban J connectivity index is 2.43. The first-order chi connectivity index (χ1) is 9.67. The molecule has 0 fully saturated rings. The zero-order chi connectivity index (χ0) is 14.5. The van der Waals surface area contributed by atoms with Crippen molar-refractivity contribution in [2.45, 2.75) is 13.5 Å². The molecule has 7 heteroatoms. The van der Waals surface area contributed by atoms with E-state index in [0.717, 1.165) is 0 Å². The van der Waals surface area contributed by atoms with Crippen LogP contribution in [0.4, 0.5) is 0 Å². The van der Waals surface area contributed by atoms with Gasteiger partial charge in [0.2, 0.25) is 0 Å². The normalized spacial score (nSPS) is 10.5. The summed E-state index contributed by atoms with van der Waals surface area (Å²) in [5, 5.41) is 25.5. The summed E-state index contributed by atoms with van der Waals surface area (Å²) in [4.78, 5) is 11.2. The van der Waals surface area contributed by atoms with E-state index in [1.807, 2.05) is 6.92 Å². The highest BCUT2D eigenvalue weighted by molar-refractivity contribution is 5.92. The Morgan fingerprint density at radius 2 is 2.05 bits per heavy atom. The molecule has 0 bridgehead atoms. The average molecular weight is 277 g/mol. The van der Waals surface area contributed by atoms with Crippen molar-refractivity contribution in [1.29, 1.82) is 0 Å². The summed E-state index contributed by atoms with van der Waals surface area (Å²) in [6.07, 6.45) is 0. The number of aromatic nitrogens is 3. The van der Waals surface area contributed by atoms with Gasteiger partial charge in [0.25, 0.3) is 0 Å². The summed E-state index contributed by atoms with van der Waals surface area (Å²) in [7, 11) is 0. The average Bonchev–Trinajstić information content (AvgIpc) is 2.84. The third kappa shape index (κ3) is 2.77. The fraction of sp³-hybridized carbons (Fsp3) is 0.308. The first-order valence-electron chi connectivity index (χ1n) is 6.18. The van der Waals surface area contributed by atoms with Crippen molar-refractivity contribution >= 4 is 5.97 Å². The molecule has 1 aromatic heterocycles. The first-order valence-corrected chi connectivity index (χ1v) is 6.18. The third-order valence-corrected chi connectivity index (χ3v) is 2.69. The number of aliphatic hydroxyl groups excluding tert-OH is 1. The van der Waals surface area contributed by atoms with E-state index in [1.165, 1.54) is 4.68 Å². The summed E-state index contributed by atoms with van der Waals surface area (Å²) in [6, 6.07) is 6.98. The molecular weight excluding hydrogens is 262 g/mol. The minimum atomic E-state index is -1.15. The Bertz CT molecular complexity index is 592. The van der Waals surface area contributed by atoms with E-state index in [2.05, 4.69) is 10.3 Å². The van der Waals surface area contributed by atoms with Crippen molar-refractivity contribution in [1.82, 2.24) is 15.0 Å². The largest absolute Gasteiger partial charge is 0.494 e. The summed E-state index contributed by atoms with van der Waals surface area (Å²) in [5.41, 5.74) is 0.890. The molecule has 2 N–H and O–H groups in total. The first kappa shape index (κ1) is 14.0. The molecule has 0 aliphatic carbocycles. The number of carboxylic acids is 1. The monoisotopic (exact) mass is 277 g/mol. The number of rotatable bonds is 6. The fourth-order valence-electron chi connectivity index (χ4n) is 1.87. The minimum Gasteiger partial charge on any atom is -0.494 e. The molecule has 0 aliphatic heterocycles. The number of hydrogen-bond donors (Lipinski definition) is 2. The summed E-state index contributed by atoms with van der Waals surface area (Å²) in [5.74, 6) is -0.451. The fourth-order valence-corrected chi connectivity index (χ4v) is 1.87. The molecule has 0 spiro atoms. The van der Waals surface area contributed by atoms with Gasteiger partial charge in [-0.05, 0) is 31.2 Å². The Labute approximate surface area is 115 Å². The lowest BCUT2D eigenvalue weighted by atomic mass is 10.1. The van der Waals surface area contributed by atoms with Crippen LogP contribution in [-0.2, 0) is 6.54 Å². The molecule has 0 saturated carbocycles. The zero-order valence-electron chi connectivity index (χ0n) is 11.0. The van der Waals surface area contributed by atoms with Gasteiger partial charge < -0.3 is 14.9 Å². The van der Waals surface area contributed by atoms with E-state index in [9.17, 15) is 4.79 Å². The molecule has 0 radical (unpaired) electrons. The maximum atomic E-state index is 11.2. The van der Waals surface area contributed by atoms with Gasteiger partial charge in [-0.2, -0.15) is 0 Å². The molecule has 0 atom stereocenters. The van der Waals surface area contributed by atoms with Crippen LogP contribution in [0.2, 0.25) is 0 Å². The van der Waals surface area contributed by atoms with Crippen molar-refractivity contribution in [2.24, 2.45) is 0 Å². The number of carbonyl (C=O) groups is 1. The summed E-state index contributed by atoms with van der Waals surface area (Å²) in [6.45, 7) is 2.48. The molecule has 0 unspecified atom stereocenters. The Hall–Kier alpha value is -2.41. The Kier molecular flexibility index (Phi) is 4.31. The van der Waals surface area contributed by atoms with Gasteiger partial charge in [-0.25, -0.2) is 9.48 Å². The van der Waals surface area contributed by atoms with Crippen molar-refractivity contribution in [3.63, 3.8) is 0 Å². The zero-order valence-corrected chi connectivity index (χ0v) is 11.0. The Morgan fingerprint density at radius 3 is 2.60 bits per heavy atom. The molecule has 106 valence electrons. The third-order valence-electron chi connectivity index (χ3n) is 2.69. The predicted octanol–water partition coefficient (Wildman–Crippen LogP) is 1.03. The number of nitrogens with zero attached hydrogens (tertiary/aromatic N) is 3. The van der Waals surface area contributed by atoms with E-state index in [-0.39, 0.29) is 18.8 Å². The van der Waals surface area contributed by atoms with Gasteiger partial charge >= 0.3 is 5.97 Å². The van der Waals surface area contributed by atoms with Gasteiger partial charge in [0.15, 0.2) is 5.69 Å². The van der Waals surface area contributed by atoms with E-state index in [0.29, 0.717) is 23.6 Å². The van der Waals surface area contributed by atoms with E-state index in [4.69, 9.17) is 14.9 Å². The smallest absolute Gasteiger partial charge is 0.358 e. The molecule has 20 heavy (non-hydrogen) atoms. The number of benzene rings is 1. The second-order valence-corrected chi connectivity index (χ2v) is 4.00. The SMILES string of the molecule is CCOc1ccc(-c2c(C(=O)O)nnn2CCO)cc1. The van der Waals surface area contributed by atoms with E-state index < -0.39 is 5.97 Å². The molecule has 2 aromatic rings. The summed E-state index contributed by atoms with van der Waals surface area (Å²) >= 11 is 0. The highest BCUT2D eigenvalue weighted by Gasteiger charge is 2.20. The van der Waals surface area contributed by atoms with Gasteiger partial charge in [-0.3, -0.25) is 0 Å². The van der Waals surface area contributed by atoms with Crippen molar-refractivity contribution < 1.29 is 19.7 Å². The number of aromatic carboxylic acids is 1. The molecule has 1 aromatic carbocycles. The van der Waals surface area contributed by atoms with E-state index in [1.54, 1.807) is 24.3 Å². The maximum Gasteiger partial charge on any atom is 0.358 e. The molecule has 0 aliphatic rings. The number of hydrogen-bond acceptors (Lipinski definition) is 5. The van der Waals surface area contributed by atoms with Gasteiger partial charge in [0.1, 0.15) is 11.4 Å². The lowest BCUT2D eigenvalue weighted by Crippen LogP contribution is -2.07. The van der Waals surface area contributed by atoms with Gasteiger partial charge in [0.05, 0.1) is 19.8 Å². The van der Waals surface area contributed by atoms with Gasteiger partial charge in [-0.1, -0.05) is 5.21 Å². The Morgan fingerprint density at radius 1 is 1.35 bits per heavy atom. The van der Waals surface area contributed by atoms with Crippen molar-refractivity contribution in [2.75, 3.05) is 13.2 Å². The van der Waals surface area contributed by atoms with Gasteiger partial charge in [-0.15, -0.1) is 5.10 Å². The minimum absolute atomic E-state index is 0.136. The van der Waals surface area contributed by atoms with Crippen molar-refractivity contribution in [3.8, 4) is 17.0 Å². The van der Waals surface area contributed by atoms with Crippen LogP contribution in [0, 0.1) is 0 Å². The highest BCUT2D eigenvalue weighted by atomic mass is 16.5. The number of ether oxygens (including phenoxy) is 1. The molecule has 7 nitrogen and oxygen atoms in total. The van der Waals surface area contributed by atoms with Crippen LogP contribution in [0.5, 0.6) is 5.75 Å². The second-order valence-electron chi connectivity index (χ2n) is 4.00. The van der Waals surface area contributed by atoms with E-state index >= 15 is 0 Å². The van der Waals surface area contributed by atoms with Crippen LogP contribution in [0.3, 0.4) is 0 Å². The van der Waals surface area contributed by atoms with Gasteiger partial charge in [0, 0.05) is 5.56 Å². The lowest BCUT2D eigenvalue weighted by molar-refractivity contribution is 0.0691. The lowest BCUT2D eigenvalue weighted by Gasteiger charge is -2.07. The highest BCUT2D eigenvalue weighted by Crippen LogP contribution is 2.24. The standard InChI is InChI=1S/C13H15N3O4/c1-2-20-10-5-3-9(4-6-10)12-11(13(18)19)14-15-16(12)7-8-17/h3-6,17H,2,7-8H2,1H3,(H,18,19). The van der Waals surface area contributed by atoms with Crippen LogP contribution in [0.25, 0.3) is 11.3 Å². The van der Waals surface area contributed by atoms with Crippen LogP contribution in [0.1, 0.15) is 17.4 Å². The van der Waals surface area contributed by atoms with Crippen molar-refractivity contribution in [3.05, 3.63) is 30.0 Å². The second kappa shape index (κ2) is 6.16. The molecular formula is C13H15N3O4. The maximum absolute atomic E-state index is 11.2. The van der Waals surface area contributed by atoms with Crippen LogP contribution < -0.4 is 4.74 Å². The summed E-state index contributed by atoms with van der Waals surface area (Å²) < 4.78 is 6.71. The molecule has 2 rings (SSSR count). The van der Waals surface area contributed by atoms with Crippen LogP contribution in [0.15, 0.2) is 24.3 Å².